The van der Waals surface area contributed by atoms with Gasteiger partial charge < -0.3 is 9.64 Å². The Bertz CT molecular complexity index is 412. The van der Waals surface area contributed by atoms with Crippen LogP contribution in [0.15, 0.2) is 0 Å². The average molecular weight is 293 g/mol. The monoisotopic (exact) mass is 293 g/mol. The van der Waals surface area contributed by atoms with Crippen molar-refractivity contribution in [3.05, 3.63) is 0 Å². The van der Waals surface area contributed by atoms with Crippen molar-refractivity contribution in [2.75, 3.05) is 19.3 Å². The van der Waals surface area contributed by atoms with Gasteiger partial charge in [-0.2, -0.15) is 8.42 Å². The number of amides is 1. The molecule has 0 aromatic rings. The number of ether oxygens (including phenoxy) is 1. The quantitative estimate of drug-likeness (QED) is 0.725. The van der Waals surface area contributed by atoms with Gasteiger partial charge >= 0.3 is 6.09 Å². The first-order chi connectivity index (χ1) is 8.57. The van der Waals surface area contributed by atoms with Crippen molar-refractivity contribution < 1.29 is 22.1 Å². The molecule has 1 rings (SSSR count). The summed E-state index contributed by atoms with van der Waals surface area (Å²) in [5.41, 5.74) is -0.522. The minimum atomic E-state index is -3.44. The lowest BCUT2D eigenvalue weighted by Gasteiger charge is -2.26. The Labute approximate surface area is 115 Å². The van der Waals surface area contributed by atoms with Crippen molar-refractivity contribution in [2.45, 2.75) is 51.7 Å². The first-order valence-electron chi connectivity index (χ1n) is 6.43. The van der Waals surface area contributed by atoms with Crippen LogP contribution in [0.3, 0.4) is 0 Å². The molecule has 0 bridgehead atoms. The molecular weight excluding hydrogens is 270 g/mol. The summed E-state index contributed by atoms with van der Waals surface area (Å²) in [6, 6.07) is 0. The Balaban J connectivity index is 2.52. The van der Waals surface area contributed by atoms with Gasteiger partial charge in [-0.3, -0.25) is 4.18 Å². The number of carbonyl (C=O) groups is 1. The molecule has 1 amide bonds. The highest BCUT2D eigenvalue weighted by atomic mass is 32.2. The van der Waals surface area contributed by atoms with E-state index in [2.05, 4.69) is 0 Å². The van der Waals surface area contributed by atoms with E-state index in [1.807, 2.05) is 20.8 Å². The Morgan fingerprint density at radius 3 is 2.37 bits per heavy atom. The summed E-state index contributed by atoms with van der Waals surface area (Å²) in [5, 5.41) is 0. The van der Waals surface area contributed by atoms with Crippen molar-refractivity contribution in [3.8, 4) is 0 Å². The third kappa shape index (κ3) is 6.77. The van der Waals surface area contributed by atoms with Gasteiger partial charge in [-0.25, -0.2) is 4.79 Å². The minimum absolute atomic E-state index is 0.345. The third-order valence-corrected chi connectivity index (χ3v) is 3.26. The van der Waals surface area contributed by atoms with Crippen LogP contribution in [0.5, 0.6) is 0 Å². The SMILES string of the molecule is CC(C)(C)OC(=O)N1CCCC(OS(C)(=O)=O)CC1. The molecule has 1 saturated heterocycles. The van der Waals surface area contributed by atoms with E-state index < -0.39 is 15.7 Å². The van der Waals surface area contributed by atoms with E-state index in [1.165, 1.54) is 0 Å². The lowest BCUT2D eigenvalue weighted by Crippen LogP contribution is -2.37. The van der Waals surface area contributed by atoms with Crippen molar-refractivity contribution in [2.24, 2.45) is 0 Å². The number of carbonyl (C=O) groups excluding carboxylic acids is 1. The Morgan fingerprint density at radius 1 is 1.21 bits per heavy atom. The predicted molar refractivity (Wildman–Crippen MR) is 71.4 cm³/mol. The normalized spacial score (nSPS) is 21.9. The molecule has 0 N–H and O–H groups in total. The van der Waals surface area contributed by atoms with Gasteiger partial charge in [-0.05, 0) is 40.0 Å². The lowest BCUT2D eigenvalue weighted by atomic mass is 10.2. The van der Waals surface area contributed by atoms with Crippen LogP contribution in [0.2, 0.25) is 0 Å². The summed E-state index contributed by atoms with van der Waals surface area (Å²) in [4.78, 5) is 13.5. The summed E-state index contributed by atoms with van der Waals surface area (Å²) < 4.78 is 32.5. The number of hydrogen-bond donors (Lipinski definition) is 0. The van der Waals surface area contributed by atoms with Gasteiger partial charge in [0.25, 0.3) is 10.1 Å². The smallest absolute Gasteiger partial charge is 0.410 e. The number of hydrogen-bond acceptors (Lipinski definition) is 5. The second-order valence-electron chi connectivity index (χ2n) is 5.82. The zero-order valence-corrected chi connectivity index (χ0v) is 12.8. The number of nitrogens with zero attached hydrogens (tertiary/aromatic N) is 1. The summed E-state index contributed by atoms with van der Waals surface area (Å²) in [7, 11) is -3.44. The van der Waals surface area contributed by atoms with Crippen LogP contribution >= 0.6 is 0 Å². The van der Waals surface area contributed by atoms with Crippen molar-refractivity contribution >= 4 is 16.2 Å². The summed E-state index contributed by atoms with van der Waals surface area (Å²) in [5.74, 6) is 0. The van der Waals surface area contributed by atoms with Crippen LogP contribution in [0, 0.1) is 0 Å². The average Bonchev–Trinajstić information content (AvgIpc) is 2.38. The maximum Gasteiger partial charge on any atom is 0.410 e. The van der Waals surface area contributed by atoms with Crippen LogP contribution in [0.25, 0.3) is 0 Å². The summed E-state index contributed by atoms with van der Waals surface area (Å²) >= 11 is 0. The van der Waals surface area contributed by atoms with Crippen LogP contribution in [-0.2, 0) is 19.0 Å². The van der Waals surface area contributed by atoms with E-state index in [9.17, 15) is 13.2 Å². The third-order valence-electron chi connectivity index (χ3n) is 2.64. The van der Waals surface area contributed by atoms with Gasteiger partial charge in [0.05, 0.1) is 12.4 Å². The fraction of sp³-hybridized carbons (Fsp3) is 0.917. The molecule has 1 fully saturated rings. The molecule has 1 atom stereocenters. The molecule has 1 aliphatic heterocycles. The van der Waals surface area contributed by atoms with Crippen LogP contribution in [-0.4, -0.2) is 50.5 Å². The second kappa shape index (κ2) is 6.09. The van der Waals surface area contributed by atoms with Gasteiger partial charge in [-0.15, -0.1) is 0 Å². The Hall–Kier alpha value is -0.820. The van der Waals surface area contributed by atoms with E-state index in [0.717, 1.165) is 6.26 Å². The van der Waals surface area contributed by atoms with Crippen molar-refractivity contribution in [3.63, 3.8) is 0 Å². The molecule has 0 aliphatic carbocycles. The molecule has 112 valence electrons. The van der Waals surface area contributed by atoms with Crippen molar-refractivity contribution in [1.82, 2.24) is 4.90 Å². The van der Waals surface area contributed by atoms with Crippen LogP contribution in [0.4, 0.5) is 4.79 Å². The molecule has 7 heteroatoms. The highest BCUT2D eigenvalue weighted by Crippen LogP contribution is 2.18. The van der Waals surface area contributed by atoms with Gasteiger partial charge in [0.2, 0.25) is 0 Å². The predicted octanol–water partition coefficient (Wildman–Crippen LogP) is 1.75. The Morgan fingerprint density at radius 2 is 1.84 bits per heavy atom. The standard InChI is InChI=1S/C12H23NO5S/c1-12(2,3)17-11(14)13-8-5-6-10(7-9-13)18-19(4,15)16/h10H,5-9H2,1-4H3. The zero-order chi connectivity index (χ0) is 14.7. The molecule has 0 aromatic heterocycles. The molecule has 0 aromatic carbocycles. The number of likely N-dealkylation sites (tertiary alicyclic amines) is 1. The molecule has 19 heavy (non-hydrogen) atoms. The topological polar surface area (TPSA) is 72.9 Å². The van der Waals surface area contributed by atoms with E-state index >= 15 is 0 Å². The largest absolute Gasteiger partial charge is 0.444 e. The molecule has 1 aliphatic rings. The van der Waals surface area contributed by atoms with E-state index in [1.54, 1.807) is 4.90 Å². The Kier molecular flexibility index (Phi) is 5.20. The molecule has 1 heterocycles. The van der Waals surface area contributed by atoms with E-state index in [4.69, 9.17) is 8.92 Å². The maximum atomic E-state index is 11.9. The molecule has 0 spiro atoms. The molecule has 0 saturated carbocycles. The van der Waals surface area contributed by atoms with E-state index in [-0.39, 0.29) is 12.2 Å². The maximum absolute atomic E-state index is 11.9. The molecular formula is C12H23NO5S. The molecule has 1 unspecified atom stereocenters. The van der Waals surface area contributed by atoms with Crippen LogP contribution < -0.4 is 0 Å². The molecule has 6 nitrogen and oxygen atoms in total. The van der Waals surface area contributed by atoms with Gasteiger partial charge in [-0.1, -0.05) is 0 Å². The van der Waals surface area contributed by atoms with E-state index in [0.29, 0.717) is 32.4 Å². The van der Waals surface area contributed by atoms with Crippen LogP contribution in [0.1, 0.15) is 40.0 Å². The minimum Gasteiger partial charge on any atom is -0.444 e. The molecule has 0 radical (unpaired) electrons. The number of rotatable bonds is 2. The first kappa shape index (κ1) is 16.2. The fourth-order valence-electron chi connectivity index (χ4n) is 1.92. The summed E-state index contributed by atoms with van der Waals surface area (Å²) in [6.07, 6.45) is 2.19. The second-order valence-corrected chi connectivity index (χ2v) is 7.42. The van der Waals surface area contributed by atoms with Gasteiger partial charge in [0.15, 0.2) is 0 Å². The zero-order valence-electron chi connectivity index (χ0n) is 12.0. The van der Waals surface area contributed by atoms with Gasteiger partial charge in [0, 0.05) is 13.1 Å². The lowest BCUT2D eigenvalue weighted by molar-refractivity contribution is 0.0253. The first-order valence-corrected chi connectivity index (χ1v) is 8.25. The highest BCUT2D eigenvalue weighted by molar-refractivity contribution is 7.86. The van der Waals surface area contributed by atoms with Gasteiger partial charge in [0.1, 0.15) is 5.60 Å². The fourth-order valence-corrected chi connectivity index (χ4v) is 2.61. The highest BCUT2D eigenvalue weighted by Gasteiger charge is 2.26. The summed E-state index contributed by atoms with van der Waals surface area (Å²) in [6.45, 7) is 6.47. The van der Waals surface area contributed by atoms with Crippen molar-refractivity contribution in [1.29, 1.82) is 0 Å².